The Hall–Kier alpha value is -1.60. The predicted molar refractivity (Wildman–Crippen MR) is 80.5 cm³/mol. The first-order valence-electron chi connectivity index (χ1n) is 7.24. The number of piperazine rings is 1. The van der Waals surface area contributed by atoms with Crippen LogP contribution in [-0.4, -0.2) is 60.6 Å². The first kappa shape index (κ1) is 14.3. The van der Waals surface area contributed by atoms with Crippen molar-refractivity contribution in [3.05, 3.63) is 17.5 Å². The fraction of sp³-hybridized carbons (Fsp3) is 0.571. The van der Waals surface area contributed by atoms with Gasteiger partial charge in [0.05, 0.1) is 5.00 Å². The van der Waals surface area contributed by atoms with Crippen LogP contribution in [0, 0.1) is 0 Å². The van der Waals surface area contributed by atoms with E-state index in [1.165, 1.54) is 11.3 Å². The van der Waals surface area contributed by atoms with Crippen molar-refractivity contribution < 1.29 is 14.3 Å². The maximum Gasteiger partial charge on any atom is 0.322 e. The first-order valence-corrected chi connectivity index (χ1v) is 8.12. The third kappa shape index (κ3) is 3.36. The van der Waals surface area contributed by atoms with Crippen molar-refractivity contribution in [1.29, 1.82) is 0 Å². The van der Waals surface area contributed by atoms with Gasteiger partial charge in [-0.1, -0.05) is 0 Å². The Bertz CT molecular complexity index is 492. The molecule has 0 unspecified atom stereocenters. The molecular weight excluding hydrogens is 290 g/mol. The second-order valence-corrected chi connectivity index (χ2v) is 6.17. The summed E-state index contributed by atoms with van der Waals surface area (Å²) in [6.45, 7) is 2.97. The summed E-state index contributed by atoms with van der Waals surface area (Å²) < 4.78 is 5.43. The van der Waals surface area contributed by atoms with Crippen molar-refractivity contribution in [2.45, 2.75) is 18.9 Å². The van der Waals surface area contributed by atoms with Crippen LogP contribution in [0.3, 0.4) is 0 Å². The van der Waals surface area contributed by atoms with E-state index >= 15 is 0 Å². The molecule has 2 aliphatic heterocycles. The van der Waals surface area contributed by atoms with Crippen LogP contribution >= 0.6 is 11.3 Å². The van der Waals surface area contributed by atoms with E-state index in [2.05, 4.69) is 5.32 Å². The lowest BCUT2D eigenvalue weighted by Gasteiger charge is -2.35. The Kier molecular flexibility index (Phi) is 4.40. The number of thiophene rings is 1. The molecule has 2 saturated heterocycles. The highest BCUT2D eigenvalue weighted by atomic mass is 32.1. The van der Waals surface area contributed by atoms with Gasteiger partial charge in [-0.15, -0.1) is 11.3 Å². The highest BCUT2D eigenvalue weighted by Crippen LogP contribution is 2.18. The van der Waals surface area contributed by atoms with Crippen LogP contribution in [0.1, 0.15) is 12.8 Å². The Morgan fingerprint density at radius 1 is 1.24 bits per heavy atom. The molecule has 1 atom stereocenters. The van der Waals surface area contributed by atoms with E-state index < -0.39 is 0 Å². The lowest BCUT2D eigenvalue weighted by molar-refractivity contribution is -0.142. The number of carbonyl (C=O) groups is 2. The summed E-state index contributed by atoms with van der Waals surface area (Å²) >= 11 is 1.50. The maximum atomic E-state index is 12.2. The minimum absolute atomic E-state index is 0.0748. The summed E-state index contributed by atoms with van der Waals surface area (Å²) in [6.07, 6.45) is 1.51. The molecule has 2 fully saturated rings. The average molecular weight is 309 g/mol. The van der Waals surface area contributed by atoms with E-state index in [0.29, 0.717) is 32.8 Å². The molecule has 0 saturated carbocycles. The van der Waals surface area contributed by atoms with Gasteiger partial charge in [-0.05, 0) is 30.4 Å². The molecule has 3 rings (SSSR count). The Morgan fingerprint density at radius 3 is 2.62 bits per heavy atom. The van der Waals surface area contributed by atoms with Crippen molar-refractivity contribution in [2.75, 3.05) is 38.1 Å². The van der Waals surface area contributed by atoms with Gasteiger partial charge in [0.1, 0.15) is 6.10 Å². The molecule has 6 nitrogen and oxygen atoms in total. The van der Waals surface area contributed by atoms with Crippen molar-refractivity contribution in [3.8, 4) is 0 Å². The summed E-state index contributed by atoms with van der Waals surface area (Å²) in [4.78, 5) is 27.9. The number of urea groups is 1. The third-order valence-corrected chi connectivity index (χ3v) is 4.62. The second kappa shape index (κ2) is 6.44. The standard InChI is InChI=1S/C14H19N3O3S/c18-13(11-3-1-9-20-11)16-5-7-17(8-6-16)14(19)15-12-4-2-10-21-12/h2,4,10-11H,1,3,5-9H2,(H,15,19)/t11-/m0/s1. The lowest BCUT2D eigenvalue weighted by atomic mass is 10.2. The van der Waals surface area contributed by atoms with Crippen LogP contribution in [0.15, 0.2) is 17.5 Å². The monoisotopic (exact) mass is 309 g/mol. The van der Waals surface area contributed by atoms with Gasteiger partial charge in [0.15, 0.2) is 0 Å². The molecule has 0 radical (unpaired) electrons. The van der Waals surface area contributed by atoms with Gasteiger partial charge in [0, 0.05) is 32.8 Å². The van der Waals surface area contributed by atoms with E-state index in [9.17, 15) is 9.59 Å². The molecular formula is C14H19N3O3S. The van der Waals surface area contributed by atoms with Gasteiger partial charge >= 0.3 is 6.03 Å². The molecule has 3 heterocycles. The number of carbonyl (C=O) groups excluding carboxylic acids is 2. The van der Waals surface area contributed by atoms with E-state index in [1.54, 1.807) is 4.90 Å². The smallest absolute Gasteiger partial charge is 0.322 e. The normalized spacial score (nSPS) is 22.4. The van der Waals surface area contributed by atoms with Crippen LogP contribution in [0.25, 0.3) is 0 Å². The summed E-state index contributed by atoms with van der Waals surface area (Å²) in [7, 11) is 0. The van der Waals surface area contributed by atoms with Gasteiger partial charge in [-0.25, -0.2) is 4.79 Å². The summed E-state index contributed by atoms with van der Waals surface area (Å²) in [5.41, 5.74) is 0. The van der Waals surface area contributed by atoms with Crippen LogP contribution in [-0.2, 0) is 9.53 Å². The van der Waals surface area contributed by atoms with Crippen LogP contribution < -0.4 is 5.32 Å². The Labute approximate surface area is 127 Å². The van der Waals surface area contributed by atoms with E-state index in [0.717, 1.165) is 17.8 Å². The minimum Gasteiger partial charge on any atom is -0.368 e. The second-order valence-electron chi connectivity index (χ2n) is 5.22. The zero-order valence-corrected chi connectivity index (χ0v) is 12.6. The van der Waals surface area contributed by atoms with Gasteiger partial charge in [-0.2, -0.15) is 0 Å². The van der Waals surface area contributed by atoms with Crippen LogP contribution in [0.5, 0.6) is 0 Å². The molecule has 3 amide bonds. The maximum absolute atomic E-state index is 12.2. The van der Waals surface area contributed by atoms with Crippen molar-refractivity contribution >= 4 is 28.3 Å². The zero-order chi connectivity index (χ0) is 14.7. The van der Waals surface area contributed by atoms with Crippen molar-refractivity contribution in [1.82, 2.24) is 9.80 Å². The molecule has 0 aliphatic carbocycles. The van der Waals surface area contributed by atoms with Crippen molar-refractivity contribution in [3.63, 3.8) is 0 Å². The number of hydrogen-bond donors (Lipinski definition) is 1. The van der Waals surface area contributed by atoms with Crippen LogP contribution in [0.2, 0.25) is 0 Å². The zero-order valence-electron chi connectivity index (χ0n) is 11.8. The third-order valence-electron chi connectivity index (χ3n) is 3.83. The van der Waals surface area contributed by atoms with Gasteiger partial charge in [-0.3, -0.25) is 10.1 Å². The number of ether oxygens (including phenoxy) is 1. The molecule has 1 N–H and O–H groups in total. The fourth-order valence-corrected chi connectivity index (χ4v) is 3.25. The van der Waals surface area contributed by atoms with Gasteiger partial charge in [0.2, 0.25) is 0 Å². The van der Waals surface area contributed by atoms with E-state index in [1.807, 2.05) is 22.4 Å². The Morgan fingerprint density at radius 2 is 2.00 bits per heavy atom. The molecule has 7 heteroatoms. The molecule has 0 aromatic carbocycles. The van der Waals surface area contributed by atoms with Crippen LogP contribution in [0.4, 0.5) is 9.80 Å². The average Bonchev–Trinajstić information content (AvgIpc) is 3.20. The largest absolute Gasteiger partial charge is 0.368 e. The summed E-state index contributed by atoms with van der Waals surface area (Å²) in [5, 5.41) is 5.64. The number of nitrogens with zero attached hydrogens (tertiary/aromatic N) is 2. The van der Waals surface area contributed by atoms with Gasteiger partial charge in [0.25, 0.3) is 5.91 Å². The Balaban J connectivity index is 1.48. The molecule has 1 aromatic rings. The predicted octanol–water partition coefficient (Wildman–Crippen LogP) is 1.60. The summed E-state index contributed by atoms with van der Waals surface area (Å²) in [5.74, 6) is 0.0748. The number of nitrogens with one attached hydrogen (secondary N) is 1. The van der Waals surface area contributed by atoms with Gasteiger partial charge < -0.3 is 14.5 Å². The van der Waals surface area contributed by atoms with E-state index in [4.69, 9.17) is 4.74 Å². The van der Waals surface area contributed by atoms with E-state index in [-0.39, 0.29) is 18.0 Å². The molecule has 21 heavy (non-hydrogen) atoms. The molecule has 0 bridgehead atoms. The molecule has 0 spiro atoms. The highest BCUT2D eigenvalue weighted by molar-refractivity contribution is 7.14. The lowest BCUT2D eigenvalue weighted by Crippen LogP contribution is -2.53. The number of anilines is 1. The summed E-state index contributed by atoms with van der Waals surface area (Å²) in [6, 6.07) is 3.68. The molecule has 1 aromatic heterocycles. The quantitative estimate of drug-likeness (QED) is 0.902. The number of hydrogen-bond acceptors (Lipinski definition) is 4. The SMILES string of the molecule is O=C(Nc1cccs1)N1CCN(C(=O)[C@@H]2CCCO2)CC1. The van der Waals surface area contributed by atoms with Crippen molar-refractivity contribution in [2.24, 2.45) is 0 Å². The highest BCUT2D eigenvalue weighted by Gasteiger charge is 2.31. The number of rotatable bonds is 2. The molecule has 2 aliphatic rings. The minimum atomic E-state index is -0.267. The molecule has 114 valence electrons. The topological polar surface area (TPSA) is 61.9 Å². The fourth-order valence-electron chi connectivity index (χ4n) is 2.64. The first-order chi connectivity index (χ1) is 10.2. The number of amides is 3.